The molecule has 0 aromatic heterocycles. The van der Waals surface area contributed by atoms with Crippen molar-refractivity contribution in [1.82, 2.24) is 5.32 Å². The molecule has 5 nitrogen and oxygen atoms in total. The number of carbonyl (C=O) groups excluding carboxylic acids is 2. The number of esters is 1. The molecular weight excluding hydrogens is 232 g/mol. The fourth-order valence-electron chi connectivity index (χ4n) is 1.30. The van der Waals surface area contributed by atoms with E-state index in [9.17, 15) is 9.59 Å². The molecule has 1 aromatic carbocycles. The fourth-order valence-corrected chi connectivity index (χ4v) is 1.30. The van der Waals surface area contributed by atoms with Crippen LogP contribution in [0, 0.1) is 18.3 Å². The minimum Gasteiger partial charge on any atom is -0.469 e. The van der Waals surface area contributed by atoms with Crippen molar-refractivity contribution in [1.29, 1.82) is 5.26 Å². The molecule has 1 radical (unpaired) electrons. The molecule has 1 rings (SSSR count). The van der Waals surface area contributed by atoms with Crippen LogP contribution in [0.5, 0.6) is 0 Å². The van der Waals surface area contributed by atoms with Crippen LogP contribution in [0.2, 0.25) is 0 Å². The van der Waals surface area contributed by atoms with Crippen LogP contribution < -0.4 is 5.32 Å². The van der Waals surface area contributed by atoms with E-state index in [0.29, 0.717) is 11.1 Å². The molecule has 1 aromatic rings. The number of nitrogens with one attached hydrogen (secondary N) is 1. The van der Waals surface area contributed by atoms with E-state index >= 15 is 0 Å². The smallest absolute Gasteiger partial charge is 0.307 e. The van der Waals surface area contributed by atoms with Crippen LogP contribution in [0.4, 0.5) is 0 Å². The van der Waals surface area contributed by atoms with E-state index in [2.05, 4.69) is 17.0 Å². The summed E-state index contributed by atoms with van der Waals surface area (Å²) < 4.78 is 4.47. The van der Waals surface area contributed by atoms with Crippen LogP contribution in [-0.2, 0) is 9.53 Å². The summed E-state index contributed by atoms with van der Waals surface area (Å²) >= 11 is 0. The summed E-state index contributed by atoms with van der Waals surface area (Å²) in [5.41, 5.74) is 0.889. The van der Waals surface area contributed by atoms with Gasteiger partial charge < -0.3 is 10.1 Å². The minimum atomic E-state index is -0.555. The summed E-state index contributed by atoms with van der Waals surface area (Å²) in [7, 11) is 1.28. The van der Waals surface area contributed by atoms with Crippen LogP contribution in [-0.4, -0.2) is 25.0 Å². The topological polar surface area (TPSA) is 79.2 Å². The van der Waals surface area contributed by atoms with Crippen LogP contribution in [0.1, 0.15) is 22.3 Å². The van der Waals surface area contributed by atoms with Gasteiger partial charge in [0.2, 0.25) is 0 Å². The monoisotopic (exact) mass is 245 g/mol. The third kappa shape index (κ3) is 3.91. The third-order valence-electron chi connectivity index (χ3n) is 2.25. The molecule has 0 saturated heterocycles. The zero-order valence-electron chi connectivity index (χ0n) is 9.97. The van der Waals surface area contributed by atoms with Crippen LogP contribution in [0.3, 0.4) is 0 Å². The number of methoxy groups -OCH3 is 1. The number of ether oxygens (including phenoxy) is 1. The van der Waals surface area contributed by atoms with Crippen molar-refractivity contribution >= 4 is 11.9 Å². The highest BCUT2D eigenvalue weighted by molar-refractivity contribution is 5.94. The molecule has 0 saturated carbocycles. The summed E-state index contributed by atoms with van der Waals surface area (Å²) in [5, 5.41) is 11.2. The van der Waals surface area contributed by atoms with Crippen molar-refractivity contribution in [3.05, 3.63) is 42.3 Å². The summed E-state index contributed by atoms with van der Waals surface area (Å²) in [6, 6.07) is 7.59. The second kappa shape index (κ2) is 6.40. The lowest BCUT2D eigenvalue weighted by atomic mass is 10.1. The summed E-state index contributed by atoms with van der Waals surface area (Å²) in [6.07, 6.45) is 0.0124. The van der Waals surface area contributed by atoms with Gasteiger partial charge in [-0.25, -0.2) is 0 Å². The summed E-state index contributed by atoms with van der Waals surface area (Å²) in [5.74, 6) is -0.779. The number of hydrogen-bond donors (Lipinski definition) is 1. The lowest BCUT2D eigenvalue weighted by molar-refractivity contribution is -0.140. The minimum absolute atomic E-state index is 0.0124. The second-order valence-corrected chi connectivity index (χ2v) is 3.64. The van der Waals surface area contributed by atoms with E-state index in [0.717, 1.165) is 0 Å². The lowest BCUT2D eigenvalue weighted by Crippen LogP contribution is -2.34. The van der Waals surface area contributed by atoms with E-state index in [1.165, 1.54) is 7.11 Å². The van der Waals surface area contributed by atoms with Gasteiger partial charge in [0.15, 0.2) is 0 Å². The Morgan fingerprint density at radius 2 is 2.06 bits per heavy atom. The molecule has 1 atom stereocenters. The van der Waals surface area contributed by atoms with Gasteiger partial charge in [-0.15, -0.1) is 0 Å². The summed E-state index contributed by atoms with van der Waals surface area (Å²) in [6.45, 7) is 3.64. The van der Waals surface area contributed by atoms with E-state index < -0.39 is 12.0 Å². The first-order chi connectivity index (χ1) is 8.56. The predicted molar refractivity (Wildman–Crippen MR) is 64.4 cm³/mol. The maximum absolute atomic E-state index is 11.7. The van der Waals surface area contributed by atoms with Gasteiger partial charge in [0.25, 0.3) is 5.91 Å². The van der Waals surface area contributed by atoms with Gasteiger partial charge in [-0.05, 0) is 31.2 Å². The Balaban J connectivity index is 2.59. The predicted octanol–water partition coefficient (Wildman–Crippen LogP) is 1.05. The molecule has 0 bridgehead atoms. The molecule has 1 amide bonds. The molecule has 1 N–H and O–H groups in total. The number of carbonyl (C=O) groups is 2. The highest BCUT2D eigenvalue weighted by Crippen LogP contribution is 2.04. The maximum Gasteiger partial charge on any atom is 0.307 e. The zero-order valence-corrected chi connectivity index (χ0v) is 9.97. The number of amides is 1. The Bertz CT molecular complexity index is 474. The average Bonchev–Trinajstić information content (AvgIpc) is 2.38. The first-order valence-corrected chi connectivity index (χ1v) is 5.27. The molecule has 0 heterocycles. The highest BCUT2D eigenvalue weighted by Gasteiger charge is 2.13. The number of benzene rings is 1. The van der Waals surface area contributed by atoms with Gasteiger partial charge in [-0.2, -0.15) is 5.26 Å². The molecule has 0 unspecified atom stereocenters. The quantitative estimate of drug-likeness (QED) is 0.804. The van der Waals surface area contributed by atoms with E-state index in [1.54, 1.807) is 24.3 Å². The largest absolute Gasteiger partial charge is 0.469 e. The van der Waals surface area contributed by atoms with Crippen molar-refractivity contribution in [3.63, 3.8) is 0 Å². The third-order valence-corrected chi connectivity index (χ3v) is 2.25. The number of rotatable bonds is 4. The van der Waals surface area contributed by atoms with Gasteiger partial charge in [0, 0.05) is 11.6 Å². The van der Waals surface area contributed by atoms with Crippen LogP contribution in [0.15, 0.2) is 24.3 Å². The van der Waals surface area contributed by atoms with Crippen molar-refractivity contribution < 1.29 is 14.3 Å². The van der Waals surface area contributed by atoms with E-state index in [-0.39, 0.29) is 12.3 Å². The molecule has 5 heteroatoms. The molecule has 0 aliphatic carbocycles. The van der Waals surface area contributed by atoms with Crippen molar-refractivity contribution in [2.75, 3.05) is 7.11 Å². The van der Waals surface area contributed by atoms with E-state index in [4.69, 9.17) is 5.26 Å². The maximum atomic E-state index is 11.7. The highest BCUT2D eigenvalue weighted by atomic mass is 16.5. The average molecular weight is 245 g/mol. The Morgan fingerprint density at radius 3 is 2.56 bits per heavy atom. The summed E-state index contributed by atoms with van der Waals surface area (Å²) in [4.78, 5) is 22.7. The van der Waals surface area contributed by atoms with Crippen molar-refractivity contribution in [2.45, 2.75) is 12.5 Å². The Morgan fingerprint density at radius 1 is 1.44 bits per heavy atom. The van der Waals surface area contributed by atoms with Gasteiger partial charge >= 0.3 is 5.97 Å². The van der Waals surface area contributed by atoms with Crippen LogP contribution in [0.25, 0.3) is 0 Å². The van der Waals surface area contributed by atoms with Gasteiger partial charge in [-0.1, -0.05) is 0 Å². The van der Waals surface area contributed by atoms with Crippen molar-refractivity contribution in [2.24, 2.45) is 0 Å². The molecule has 0 aliphatic rings. The Hall–Kier alpha value is -2.35. The molecule has 18 heavy (non-hydrogen) atoms. The second-order valence-electron chi connectivity index (χ2n) is 3.64. The lowest BCUT2D eigenvalue weighted by Gasteiger charge is -2.12. The Labute approximate surface area is 105 Å². The van der Waals surface area contributed by atoms with Gasteiger partial charge in [0.1, 0.15) is 0 Å². The number of hydrogen-bond acceptors (Lipinski definition) is 4. The fraction of sp³-hybridized carbons (Fsp3) is 0.231. The first kappa shape index (κ1) is 13.7. The molecule has 0 fully saturated rings. The first-order valence-electron chi connectivity index (χ1n) is 5.27. The van der Waals surface area contributed by atoms with Gasteiger partial charge in [-0.3, -0.25) is 9.59 Å². The molecular formula is C13H13N2O3. The molecule has 0 spiro atoms. The van der Waals surface area contributed by atoms with Crippen molar-refractivity contribution in [3.8, 4) is 6.07 Å². The normalized spacial score (nSPS) is 11.2. The Kier molecular flexibility index (Phi) is 4.88. The molecule has 93 valence electrons. The van der Waals surface area contributed by atoms with Crippen LogP contribution >= 0.6 is 0 Å². The SMILES string of the molecule is [CH2][C@H](CC(=O)OC)NC(=O)c1ccc(C#N)cc1. The standard InChI is InChI=1S/C13H13N2O3/c1-9(7-12(16)18-2)15-13(17)11-5-3-10(8-14)4-6-11/h3-6,9H,1,7H2,2H3,(H,15,17)/t9-/m1/s1. The van der Waals surface area contributed by atoms with Gasteiger partial charge in [0.05, 0.1) is 25.2 Å². The molecule has 0 aliphatic heterocycles. The number of nitrogens with zero attached hydrogens (tertiary/aromatic N) is 1. The van der Waals surface area contributed by atoms with E-state index in [1.807, 2.05) is 6.07 Å². The zero-order chi connectivity index (χ0) is 13.5. The number of nitriles is 1.